The van der Waals surface area contributed by atoms with Crippen LogP contribution < -0.4 is 15.5 Å². The molecular weight excluding hydrogens is 448 g/mol. The number of aryl methyl sites for hydroxylation is 1. The number of hydrogen-bond acceptors (Lipinski definition) is 7. The molecule has 8 nitrogen and oxygen atoms in total. The van der Waals surface area contributed by atoms with Crippen LogP contribution >= 0.6 is 0 Å². The molecule has 0 amide bonds. The number of nitrogens with one attached hydrogen (secondary N) is 1. The molecule has 0 unspecified atom stereocenters. The maximum atomic E-state index is 6.87. The van der Waals surface area contributed by atoms with Crippen LogP contribution in [0.5, 0.6) is 0 Å². The van der Waals surface area contributed by atoms with Crippen LogP contribution in [-0.4, -0.2) is 44.8 Å². The Balaban J connectivity index is 1.16. The van der Waals surface area contributed by atoms with Gasteiger partial charge in [-0.2, -0.15) is 5.10 Å². The van der Waals surface area contributed by atoms with E-state index < -0.39 is 0 Å². The number of aromatic nitrogens is 5. The first-order valence-corrected chi connectivity index (χ1v) is 13.1. The molecule has 0 radical (unpaired) electrons. The highest BCUT2D eigenvalue weighted by Gasteiger charge is 2.47. The lowest BCUT2D eigenvalue weighted by atomic mass is 9.67. The zero-order valence-electron chi connectivity index (χ0n) is 20.7. The normalized spacial score (nSPS) is 25.2. The van der Waals surface area contributed by atoms with Gasteiger partial charge in [0, 0.05) is 31.9 Å². The highest BCUT2D eigenvalue weighted by molar-refractivity contribution is 5.87. The molecule has 184 valence electrons. The number of pyridine rings is 1. The number of hydrogen-bond donors (Lipinski definition) is 2. The smallest absolute Gasteiger partial charge is 0.183 e. The molecule has 8 heteroatoms. The molecule has 7 rings (SSSR count). The van der Waals surface area contributed by atoms with Crippen molar-refractivity contribution in [2.75, 3.05) is 23.4 Å². The summed E-state index contributed by atoms with van der Waals surface area (Å²) in [6, 6.07) is 13.3. The average Bonchev–Trinajstić information content (AvgIpc) is 3.46. The predicted octanol–water partition coefficient (Wildman–Crippen LogP) is 4.45. The number of aromatic amines is 1. The molecule has 36 heavy (non-hydrogen) atoms. The molecule has 0 saturated heterocycles. The van der Waals surface area contributed by atoms with Crippen molar-refractivity contribution in [1.29, 1.82) is 0 Å². The van der Waals surface area contributed by atoms with E-state index in [1.54, 1.807) is 0 Å². The summed E-state index contributed by atoms with van der Waals surface area (Å²) >= 11 is 0. The van der Waals surface area contributed by atoms with E-state index in [-0.39, 0.29) is 11.5 Å². The van der Waals surface area contributed by atoms with E-state index in [4.69, 9.17) is 15.7 Å². The van der Waals surface area contributed by atoms with Crippen molar-refractivity contribution in [2.45, 2.75) is 57.0 Å². The van der Waals surface area contributed by atoms with Crippen molar-refractivity contribution in [3.8, 4) is 0 Å². The summed E-state index contributed by atoms with van der Waals surface area (Å²) < 4.78 is 0. The summed E-state index contributed by atoms with van der Waals surface area (Å²) in [5.41, 5.74) is 13.5. The van der Waals surface area contributed by atoms with Crippen LogP contribution in [0.3, 0.4) is 0 Å². The number of H-pyrrole nitrogens is 1. The van der Waals surface area contributed by atoms with Gasteiger partial charge in [0.05, 0.1) is 17.6 Å². The quantitative estimate of drug-likeness (QED) is 0.447. The second kappa shape index (κ2) is 8.27. The lowest BCUT2D eigenvalue weighted by Gasteiger charge is -2.44. The van der Waals surface area contributed by atoms with Gasteiger partial charge in [0.25, 0.3) is 0 Å². The van der Waals surface area contributed by atoms with E-state index in [0.717, 1.165) is 72.8 Å². The highest BCUT2D eigenvalue weighted by atomic mass is 15.3. The fourth-order valence-electron chi connectivity index (χ4n) is 6.89. The SMILES string of the molecule is CN(c1cnc2c(N3CCCc4ncccc43)n[nH]c2n1)[C@@H]1CCC[C@]2(Cc3ccccc3[C@H]2N)C1. The molecular formula is C28H32N8. The van der Waals surface area contributed by atoms with E-state index in [1.807, 2.05) is 18.5 Å². The van der Waals surface area contributed by atoms with Crippen LogP contribution in [0.1, 0.15) is 55.0 Å². The Morgan fingerprint density at radius 3 is 2.97 bits per heavy atom. The number of nitrogens with two attached hydrogens (primary N) is 1. The standard InChI is InChI=1S/C28H32N8/c1-35(19-8-4-12-28(16-19)15-18-7-2-3-9-20(18)25(28)29)23-17-31-24-26(32-23)33-34-27(24)36-14-6-10-21-22(36)11-5-13-30-21/h2-3,5,7,9,11,13,17,19,25H,4,6,8,10,12,14-16,29H2,1H3,(H,32,33,34)/t19-,25-,28+/m1/s1. The molecule has 3 N–H and O–H groups in total. The third-order valence-corrected chi connectivity index (χ3v) is 8.80. The topological polar surface area (TPSA) is 99.9 Å². The summed E-state index contributed by atoms with van der Waals surface area (Å²) in [7, 11) is 2.15. The molecule has 3 aliphatic rings. The Hall–Kier alpha value is -3.52. The van der Waals surface area contributed by atoms with E-state index >= 15 is 0 Å². The third-order valence-electron chi connectivity index (χ3n) is 8.80. The zero-order valence-corrected chi connectivity index (χ0v) is 20.7. The van der Waals surface area contributed by atoms with Gasteiger partial charge in [-0.3, -0.25) is 10.1 Å². The molecule has 3 aromatic heterocycles. The maximum absolute atomic E-state index is 6.87. The summed E-state index contributed by atoms with van der Waals surface area (Å²) in [5, 5.41) is 7.78. The summed E-state index contributed by atoms with van der Waals surface area (Å²) in [6.45, 7) is 0.898. The first-order chi connectivity index (χ1) is 17.6. The van der Waals surface area contributed by atoms with Gasteiger partial charge in [0.15, 0.2) is 17.0 Å². The Labute approximate surface area is 211 Å². The molecule has 1 aliphatic heterocycles. The Bertz CT molecular complexity index is 1430. The molecule has 1 spiro atoms. The van der Waals surface area contributed by atoms with Crippen molar-refractivity contribution in [3.63, 3.8) is 0 Å². The van der Waals surface area contributed by atoms with E-state index in [1.165, 1.54) is 24.0 Å². The van der Waals surface area contributed by atoms with Crippen molar-refractivity contribution in [3.05, 3.63) is 65.6 Å². The predicted molar refractivity (Wildman–Crippen MR) is 141 cm³/mol. The van der Waals surface area contributed by atoms with Gasteiger partial charge in [-0.15, -0.1) is 0 Å². The Morgan fingerprint density at radius 1 is 1.14 bits per heavy atom. The second-order valence-corrected chi connectivity index (χ2v) is 10.8. The first kappa shape index (κ1) is 21.7. The van der Waals surface area contributed by atoms with Crippen LogP contribution in [0.15, 0.2) is 48.8 Å². The molecule has 4 aromatic rings. The fourth-order valence-corrected chi connectivity index (χ4v) is 6.89. The minimum absolute atomic E-state index is 0.107. The minimum Gasteiger partial charge on any atom is -0.355 e. The van der Waals surface area contributed by atoms with Crippen LogP contribution in [0.2, 0.25) is 0 Å². The number of fused-ring (bicyclic) bond motifs is 3. The van der Waals surface area contributed by atoms with Gasteiger partial charge in [0.2, 0.25) is 0 Å². The molecule has 3 atom stereocenters. The Kier molecular flexibility index (Phi) is 4.99. The summed E-state index contributed by atoms with van der Waals surface area (Å²) in [4.78, 5) is 18.9. The molecule has 1 fully saturated rings. The first-order valence-electron chi connectivity index (χ1n) is 13.1. The second-order valence-electron chi connectivity index (χ2n) is 10.8. The van der Waals surface area contributed by atoms with E-state index in [2.05, 4.69) is 62.4 Å². The minimum atomic E-state index is 0.107. The van der Waals surface area contributed by atoms with Gasteiger partial charge in [-0.1, -0.05) is 30.7 Å². The van der Waals surface area contributed by atoms with Gasteiger partial charge in [0.1, 0.15) is 5.82 Å². The lowest BCUT2D eigenvalue weighted by molar-refractivity contribution is 0.144. The summed E-state index contributed by atoms with van der Waals surface area (Å²) in [5.74, 6) is 1.71. The maximum Gasteiger partial charge on any atom is 0.183 e. The number of rotatable bonds is 3. The zero-order chi connectivity index (χ0) is 24.3. The van der Waals surface area contributed by atoms with Crippen LogP contribution in [0, 0.1) is 5.41 Å². The monoisotopic (exact) mass is 480 g/mol. The van der Waals surface area contributed by atoms with Crippen LogP contribution in [-0.2, 0) is 12.8 Å². The van der Waals surface area contributed by atoms with E-state index in [9.17, 15) is 0 Å². The van der Waals surface area contributed by atoms with Crippen molar-refractivity contribution in [2.24, 2.45) is 11.1 Å². The van der Waals surface area contributed by atoms with Gasteiger partial charge in [-0.25, -0.2) is 9.97 Å². The number of benzene rings is 1. The summed E-state index contributed by atoms with van der Waals surface area (Å²) in [6.07, 6.45) is 11.5. The number of nitrogens with zero attached hydrogens (tertiary/aromatic N) is 6. The third kappa shape index (κ3) is 3.31. The van der Waals surface area contributed by atoms with E-state index in [0.29, 0.717) is 6.04 Å². The highest BCUT2D eigenvalue weighted by Crippen LogP contribution is 2.53. The lowest BCUT2D eigenvalue weighted by Crippen LogP contribution is -2.44. The number of anilines is 3. The molecule has 4 heterocycles. The molecule has 1 saturated carbocycles. The van der Waals surface area contributed by atoms with Crippen LogP contribution in [0.25, 0.3) is 11.2 Å². The molecule has 1 aromatic carbocycles. The fraction of sp³-hybridized carbons (Fsp3) is 0.429. The van der Waals surface area contributed by atoms with Crippen LogP contribution in [0.4, 0.5) is 17.3 Å². The van der Waals surface area contributed by atoms with Crippen molar-refractivity contribution < 1.29 is 0 Å². The van der Waals surface area contributed by atoms with Crippen molar-refractivity contribution >= 4 is 28.5 Å². The van der Waals surface area contributed by atoms with Gasteiger partial charge in [-0.05, 0) is 67.2 Å². The van der Waals surface area contributed by atoms with Crippen molar-refractivity contribution in [1.82, 2.24) is 25.1 Å². The molecule has 2 aliphatic carbocycles. The largest absolute Gasteiger partial charge is 0.355 e. The molecule has 0 bridgehead atoms. The Morgan fingerprint density at radius 2 is 2.06 bits per heavy atom. The van der Waals surface area contributed by atoms with Gasteiger partial charge >= 0.3 is 0 Å². The van der Waals surface area contributed by atoms with Gasteiger partial charge < -0.3 is 15.5 Å². The average molecular weight is 481 g/mol.